The summed E-state index contributed by atoms with van der Waals surface area (Å²) in [5.74, 6) is 0. The van der Waals surface area contributed by atoms with Gasteiger partial charge in [-0.3, -0.25) is 0 Å². The molecule has 0 spiro atoms. The topological polar surface area (TPSA) is 34.1 Å². The number of alkyl halides is 3. The van der Waals surface area contributed by atoms with Gasteiger partial charge in [-0.2, -0.15) is 13.2 Å². The van der Waals surface area contributed by atoms with Gasteiger partial charge in [0, 0.05) is 5.41 Å². The van der Waals surface area contributed by atoms with E-state index in [0.717, 1.165) is 29.7 Å². The van der Waals surface area contributed by atoms with Crippen molar-refractivity contribution in [2.45, 2.75) is 11.1 Å². The standard InChI is InChI=1S/C15H11F3O2S/c16-15(17,18)13-6-8-14(9-7-13)21(19,20)11-10-12-4-2-1-3-5-12/h1-11H. The van der Waals surface area contributed by atoms with Crippen molar-refractivity contribution in [2.24, 2.45) is 0 Å². The summed E-state index contributed by atoms with van der Waals surface area (Å²) in [4.78, 5) is -0.178. The van der Waals surface area contributed by atoms with Crippen molar-refractivity contribution < 1.29 is 21.6 Å². The molecule has 0 amide bonds. The Labute approximate surface area is 120 Å². The highest BCUT2D eigenvalue weighted by Crippen LogP contribution is 2.30. The van der Waals surface area contributed by atoms with E-state index in [1.807, 2.05) is 0 Å². The van der Waals surface area contributed by atoms with E-state index in [1.165, 1.54) is 6.08 Å². The van der Waals surface area contributed by atoms with Gasteiger partial charge in [0.1, 0.15) is 0 Å². The molecule has 0 aliphatic carbocycles. The van der Waals surface area contributed by atoms with Crippen molar-refractivity contribution in [1.82, 2.24) is 0 Å². The molecular weight excluding hydrogens is 301 g/mol. The van der Waals surface area contributed by atoms with Crippen LogP contribution < -0.4 is 0 Å². The summed E-state index contributed by atoms with van der Waals surface area (Å²) in [5.41, 5.74) is -0.193. The van der Waals surface area contributed by atoms with Crippen LogP contribution in [0.4, 0.5) is 13.2 Å². The largest absolute Gasteiger partial charge is 0.416 e. The summed E-state index contributed by atoms with van der Waals surface area (Å²) >= 11 is 0. The van der Waals surface area contributed by atoms with Crippen molar-refractivity contribution >= 4 is 15.9 Å². The Morgan fingerprint density at radius 1 is 0.857 bits per heavy atom. The van der Waals surface area contributed by atoms with Gasteiger partial charge in [0.2, 0.25) is 0 Å². The third-order valence-corrected chi connectivity index (χ3v) is 4.17. The lowest BCUT2D eigenvalue weighted by Crippen LogP contribution is -2.05. The molecule has 2 nitrogen and oxygen atoms in total. The Balaban J connectivity index is 2.26. The van der Waals surface area contributed by atoms with Gasteiger partial charge >= 0.3 is 6.18 Å². The molecule has 2 rings (SSSR count). The van der Waals surface area contributed by atoms with Gasteiger partial charge in [0.05, 0.1) is 10.5 Å². The van der Waals surface area contributed by atoms with E-state index in [1.54, 1.807) is 30.3 Å². The van der Waals surface area contributed by atoms with Crippen LogP contribution in [0.25, 0.3) is 6.08 Å². The number of benzene rings is 2. The van der Waals surface area contributed by atoms with Crippen molar-refractivity contribution in [3.8, 4) is 0 Å². The molecule has 0 bridgehead atoms. The molecule has 0 atom stereocenters. The average Bonchev–Trinajstić information content (AvgIpc) is 2.46. The average molecular weight is 312 g/mol. The third-order valence-electron chi connectivity index (χ3n) is 2.75. The highest BCUT2D eigenvalue weighted by Gasteiger charge is 2.30. The molecule has 0 heterocycles. The lowest BCUT2D eigenvalue weighted by Gasteiger charge is -2.06. The van der Waals surface area contributed by atoms with Crippen LogP contribution in [0.1, 0.15) is 11.1 Å². The molecule has 0 N–H and O–H groups in total. The quantitative estimate of drug-likeness (QED) is 0.853. The Hall–Kier alpha value is -2.08. The van der Waals surface area contributed by atoms with E-state index in [2.05, 4.69) is 0 Å². The first-order chi connectivity index (χ1) is 9.79. The first kappa shape index (κ1) is 15.3. The molecule has 0 aliphatic heterocycles. The third kappa shape index (κ3) is 3.95. The molecule has 0 radical (unpaired) electrons. The molecule has 2 aromatic rings. The maximum absolute atomic E-state index is 12.4. The Morgan fingerprint density at radius 2 is 1.43 bits per heavy atom. The molecular formula is C15H11F3O2S. The van der Waals surface area contributed by atoms with E-state index < -0.39 is 21.6 Å². The molecule has 0 saturated heterocycles. The van der Waals surface area contributed by atoms with Crippen LogP contribution in [0.3, 0.4) is 0 Å². The van der Waals surface area contributed by atoms with E-state index in [0.29, 0.717) is 5.56 Å². The molecule has 110 valence electrons. The fourth-order valence-electron chi connectivity index (χ4n) is 1.64. The van der Waals surface area contributed by atoms with Crippen molar-refractivity contribution in [3.63, 3.8) is 0 Å². The summed E-state index contributed by atoms with van der Waals surface area (Å²) in [6.45, 7) is 0. The Bertz CT molecular complexity index is 731. The van der Waals surface area contributed by atoms with Crippen molar-refractivity contribution in [3.05, 3.63) is 71.1 Å². The fraction of sp³-hybridized carbons (Fsp3) is 0.0667. The van der Waals surface area contributed by atoms with Gasteiger partial charge < -0.3 is 0 Å². The molecule has 0 aliphatic rings. The van der Waals surface area contributed by atoms with E-state index in [4.69, 9.17) is 0 Å². The smallest absolute Gasteiger partial charge is 0.219 e. The van der Waals surface area contributed by atoms with Crippen LogP contribution in [0.2, 0.25) is 0 Å². The van der Waals surface area contributed by atoms with Gasteiger partial charge in [-0.15, -0.1) is 0 Å². The molecule has 2 aromatic carbocycles. The summed E-state index contributed by atoms with van der Waals surface area (Å²) in [6.07, 6.45) is -3.09. The molecule has 21 heavy (non-hydrogen) atoms. The predicted molar refractivity (Wildman–Crippen MR) is 74.1 cm³/mol. The van der Waals surface area contributed by atoms with Gasteiger partial charge in [0.15, 0.2) is 9.84 Å². The molecule has 6 heteroatoms. The summed E-state index contributed by atoms with van der Waals surface area (Å²) in [6, 6.07) is 12.2. The van der Waals surface area contributed by atoms with E-state index in [9.17, 15) is 21.6 Å². The minimum Gasteiger partial charge on any atom is -0.219 e. The number of hydrogen-bond donors (Lipinski definition) is 0. The lowest BCUT2D eigenvalue weighted by molar-refractivity contribution is -0.137. The first-order valence-corrected chi connectivity index (χ1v) is 7.49. The zero-order valence-corrected chi connectivity index (χ0v) is 11.5. The fourth-order valence-corrected chi connectivity index (χ4v) is 2.65. The van der Waals surface area contributed by atoms with E-state index in [-0.39, 0.29) is 4.90 Å². The Morgan fingerprint density at radius 3 is 1.95 bits per heavy atom. The van der Waals surface area contributed by atoms with E-state index >= 15 is 0 Å². The second-order valence-corrected chi connectivity index (χ2v) is 6.11. The number of sulfone groups is 1. The van der Waals surface area contributed by atoms with Crippen molar-refractivity contribution in [2.75, 3.05) is 0 Å². The molecule has 0 saturated carbocycles. The van der Waals surface area contributed by atoms with Crippen LogP contribution >= 0.6 is 0 Å². The first-order valence-electron chi connectivity index (χ1n) is 5.94. The van der Waals surface area contributed by atoms with Crippen LogP contribution in [0.15, 0.2) is 64.9 Å². The number of halogens is 3. The van der Waals surface area contributed by atoms with Crippen LogP contribution in [-0.4, -0.2) is 8.42 Å². The SMILES string of the molecule is O=S(=O)(C=Cc1ccccc1)c1ccc(C(F)(F)F)cc1. The normalized spacial score (nSPS) is 12.7. The summed E-state index contributed by atoms with van der Waals surface area (Å²) < 4.78 is 61.3. The van der Waals surface area contributed by atoms with Gasteiger partial charge in [-0.1, -0.05) is 30.3 Å². The van der Waals surface area contributed by atoms with Crippen LogP contribution in [-0.2, 0) is 16.0 Å². The predicted octanol–water partition coefficient (Wildman–Crippen LogP) is 4.15. The number of hydrogen-bond acceptors (Lipinski definition) is 2. The maximum Gasteiger partial charge on any atom is 0.416 e. The van der Waals surface area contributed by atoms with Gasteiger partial charge in [-0.05, 0) is 35.9 Å². The maximum atomic E-state index is 12.4. The minimum atomic E-state index is -4.48. The monoisotopic (exact) mass is 312 g/mol. The lowest BCUT2D eigenvalue weighted by atomic mass is 10.2. The van der Waals surface area contributed by atoms with Crippen LogP contribution in [0, 0.1) is 0 Å². The number of rotatable bonds is 3. The van der Waals surface area contributed by atoms with Gasteiger partial charge in [-0.25, -0.2) is 8.42 Å². The zero-order chi connectivity index (χ0) is 15.5. The summed E-state index contributed by atoms with van der Waals surface area (Å²) in [5, 5.41) is 0.977. The van der Waals surface area contributed by atoms with Crippen molar-refractivity contribution in [1.29, 1.82) is 0 Å². The molecule has 0 aromatic heterocycles. The summed E-state index contributed by atoms with van der Waals surface area (Å²) in [7, 11) is -3.77. The minimum absolute atomic E-state index is 0.178. The van der Waals surface area contributed by atoms with Crippen LogP contribution in [0.5, 0.6) is 0 Å². The second kappa shape index (κ2) is 5.73. The second-order valence-electron chi connectivity index (χ2n) is 4.28. The zero-order valence-electron chi connectivity index (χ0n) is 10.7. The highest BCUT2D eigenvalue weighted by atomic mass is 32.2. The van der Waals surface area contributed by atoms with Gasteiger partial charge in [0.25, 0.3) is 0 Å². The Kier molecular flexibility index (Phi) is 4.18. The molecule has 0 unspecified atom stereocenters. The highest BCUT2D eigenvalue weighted by molar-refractivity contribution is 7.94. The molecule has 0 fully saturated rings.